The van der Waals surface area contributed by atoms with Crippen molar-refractivity contribution in [1.82, 2.24) is 38.5 Å². The number of nitrogens with one attached hydrogen (secondary N) is 2. The molecule has 0 spiro atoms. The Bertz CT molecular complexity index is 2870. The SMILES string of the molecule is CN(CC1CCN(S(=O)(=O)Nc2nccc(COc3ccc(C(C)(C)c4cc(Cl)c(OCCCl)c(C#N)c4)cc3)n2)CC1)C1CN(Cc2cccc3c2n(C)c(=O)n3C2CCC(=O)NC2=O)C1. The smallest absolute Gasteiger partial charge is 0.329 e. The summed E-state index contributed by atoms with van der Waals surface area (Å²) in [6, 6.07) is 20.4. The van der Waals surface area contributed by atoms with E-state index < -0.39 is 27.6 Å². The Hall–Kier alpha value is -5.55. The van der Waals surface area contributed by atoms with Crippen molar-refractivity contribution in [3.8, 4) is 17.6 Å². The minimum atomic E-state index is -3.90. The number of imide groups is 1. The predicted octanol–water partition coefficient (Wildman–Crippen LogP) is 5.34. The molecule has 17 nitrogen and oxygen atoms in total. The zero-order valence-electron chi connectivity index (χ0n) is 37.9. The first-order valence-electron chi connectivity index (χ1n) is 22.3. The van der Waals surface area contributed by atoms with Crippen molar-refractivity contribution in [3.05, 3.63) is 110 Å². The minimum absolute atomic E-state index is 0.0330. The number of nitriles is 1. The number of halogens is 2. The first-order valence-corrected chi connectivity index (χ1v) is 24.6. The van der Waals surface area contributed by atoms with Gasteiger partial charge in [0, 0.05) is 70.4 Å². The molecular weight excluding hydrogens is 920 g/mol. The fraction of sp³-hybridized carbons (Fsp3) is 0.447. The van der Waals surface area contributed by atoms with E-state index in [9.17, 15) is 28.1 Å². The standard InChI is InChI=1S/C47H54Cl2N10O7S/c1-47(2,34-22-32(24-50)43(38(49)23-34)65-21-17-48)33-8-10-37(11-9-33)66-29-35-14-18-51-45(52-35)54-67(63,64)58-19-15-30(16-20-58)25-55(3)36-27-57(28-36)26-31-6-5-7-39-42(31)56(4)46(62)59(39)40-12-13-41(60)53-44(40)61/h5-11,14,18,22-23,30,36,40H,12-13,15-17,19-21,25-29H2,1-4H3,(H,51,52,54)(H,53,60,61). The summed E-state index contributed by atoms with van der Waals surface area (Å²) in [5.74, 6) is 0.707. The number of hydrogen-bond donors (Lipinski definition) is 2. The maximum atomic E-state index is 13.5. The third kappa shape index (κ3) is 10.3. The molecule has 0 bridgehead atoms. The zero-order chi connectivity index (χ0) is 47.6. The Morgan fingerprint density at radius 1 is 1.01 bits per heavy atom. The third-order valence-corrected chi connectivity index (χ3v) is 15.1. The predicted molar refractivity (Wildman–Crippen MR) is 254 cm³/mol. The van der Waals surface area contributed by atoms with Crippen LogP contribution >= 0.6 is 23.2 Å². The van der Waals surface area contributed by atoms with Crippen LogP contribution in [0.2, 0.25) is 5.02 Å². The van der Waals surface area contributed by atoms with Crippen LogP contribution < -0.4 is 25.2 Å². The lowest BCUT2D eigenvalue weighted by molar-refractivity contribution is -0.135. The minimum Gasteiger partial charge on any atom is -0.489 e. The Kier molecular flexibility index (Phi) is 14.3. The highest BCUT2D eigenvalue weighted by Crippen LogP contribution is 2.39. The molecule has 1 atom stereocenters. The molecule has 2 aromatic heterocycles. The molecule has 5 heterocycles. The van der Waals surface area contributed by atoms with E-state index in [-0.39, 0.29) is 49.5 Å². The van der Waals surface area contributed by atoms with Crippen LogP contribution in [0.3, 0.4) is 0 Å². The number of benzene rings is 3. The monoisotopic (exact) mass is 972 g/mol. The van der Waals surface area contributed by atoms with Crippen molar-refractivity contribution < 1.29 is 27.5 Å². The number of carbonyl (C=O) groups excluding carboxylic acids is 2. The molecule has 8 rings (SSSR count). The van der Waals surface area contributed by atoms with E-state index in [0.29, 0.717) is 64.9 Å². The summed E-state index contributed by atoms with van der Waals surface area (Å²) in [6.45, 7) is 8.35. The molecule has 0 radical (unpaired) electrons. The summed E-state index contributed by atoms with van der Waals surface area (Å²) in [6.07, 6.45) is 3.41. The highest BCUT2D eigenvalue weighted by atomic mass is 35.5. The number of fused-ring (bicyclic) bond motifs is 1. The number of anilines is 1. The fourth-order valence-electron chi connectivity index (χ4n) is 9.28. The van der Waals surface area contributed by atoms with Gasteiger partial charge in [0.15, 0.2) is 5.75 Å². The summed E-state index contributed by atoms with van der Waals surface area (Å²) in [5, 5.41) is 12.5. The largest absolute Gasteiger partial charge is 0.489 e. The Balaban J connectivity index is 0.793. The van der Waals surface area contributed by atoms with E-state index >= 15 is 0 Å². The van der Waals surface area contributed by atoms with Gasteiger partial charge < -0.3 is 14.4 Å². The molecule has 5 aromatic rings. The van der Waals surface area contributed by atoms with Crippen molar-refractivity contribution in [1.29, 1.82) is 5.26 Å². The van der Waals surface area contributed by atoms with E-state index in [4.69, 9.17) is 32.7 Å². The van der Waals surface area contributed by atoms with Crippen molar-refractivity contribution in [2.75, 3.05) is 57.0 Å². The van der Waals surface area contributed by atoms with Gasteiger partial charge in [-0.2, -0.15) is 18.0 Å². The summed E-state index contributed by atoms with van der Waals surface area (Å²) in [7, 11) is -0.0646. The van der Waals surface area contributed by atoms with E-state index in [0.717, 1.165) is 54.7 Å². The van der Waals surface area contributed by atoms with Gasteiger partial charge in [0.05, 0.1) is 33.2 Å². The molecule has 0 aliphatic carbocycles. The molecule has 0 saturated carbocycles. The van der Waals surface area contributed by atoms with Gasteiger partial charge in [-0.3, -0.25) is 28.9 Å². The van der Waals surface area contributed by atoms with Crippen LogP contribution in [0.1, 0.15) is 73.5 Å². The highest BCUT2D eigenvalue weighted by Gasteiger charge is 2.36. The second-order valence-electron chi connectivity index (χ2n) is 18.0. The number of piperidine rings is 2. The lowest BCUT2D eigenvalue weighted by Gasteiger charge is -2.45. The maximum Gasteiger partial charge on any atom is 0.329 e. The van der Waals surface area contributed by atoms with Gasteiger partial charge in [0.25, 0.3) is 0 Å². The van der Waals surface area contributed by atoms with Crippen molar-refractivity contribution in [2.24, 2.45) is 13.0 Å². The lowest BCUT2D eigenvalue weighted by Crippen LogP contribution is -2.58. The average molecular weight is 974 g/mol. The molecule has 1 unspecified atom stereocenters. The Labute approximate surface area is 399 Å². The molecule has 2 amide bonds. The molecule has 3 fully saturated rings. The molecular formula is C47H54Cl2N10O7S. The molecule has 3 aliphatic rings. The molecule has 67 heavy (non-hydrogen) atoms. The normalized spacial score (nSPS) is 17.9. The number of nitrogens with zero attached hydrogens (tertiary/aromatic N) is 8. The van der Waals surface area contributed by atoms with Gasteiger partial charge in [-0.25, -0.2) is 19.5 Å². The number of ether oxygens (including phenoxy) is 2. The van der Waals surface area contributed by atoms with E-state index in [2.05, 4.69) is 42.9 Å². The zero-order valence-corrected chi connectivity index (χ0v) is 40.2. The summed E-state index contributed by atoms with van der Waals surface area (Å²) < 4.78 is 45.7. The average Bonchev–Trinajstić information content (AvgIpc) is 3.54. The Morgan fingerprint density at radius 2 is 1.76 bits per heavy atom. The number of likely N-dealkylation sites (tertiary alicyclic amines) is 1. The highest BCUT2D eigenvalue weighted by molar-refractivity contribution is 7.90. The number of para-hydroxylation sites is 1. The van der Waals surface area contributed by atoms with Crippen molar-refractivity contribution in [2.45, 2.75) is 70.2 Å². The molecule has 20 heteroatoms. The first kappa shape index (κ1) is 47.9. The van der Waals surface area contributed by atoms with Crippen LogP contribution in [0.15, 0.2) is 71.7 Å². The maximum absolute atomic E-state index is 13.5. The van der Waals surface area contributed by atoms with Crippen LogP contribution in [0.25, 0.3) is 11.0 Å². The van der Waals surface area contributed by atoms with Crippen LogP contribution in [0.5, 0.6) is 11.5 Å². The second kappa shape index (κ2) is 20.0. The fourth-order valence-corrected chi connectivity index (χ4v) is 10.8. The number of alkyl halides is 1. The summed E-state index contributed by atoms with van der Waals surface area (Å²) in [5.41, 5.74) is 4.32. The number of likely N-dealkylation sites (N-methyl/N-ethyl adjacent to an activating group) is 1. The second-order valence-corrected chi connectivity index (χ2v) is 20.4. The van der Waals surface area contributed by atoms with Gasteiger partial charge in [-0.1, -0.05) is 49.7 Å². The van der Waals surface area contributed by atoms with E-state index in [1.54, 1.807) is 29.8 Å². The number of rotatable bonds is 17. The third-order valence-electron chi connectivity index (χ3n) is 13.2. The van der Waals surface area contributed by atoms with Crippen LogP contribution in [0.4, 0.5) is 5.95 Å². The van der Waals surface area contributed by atoms with Crippen molar-refractivity contribution in [3.63, 3.8) is 0 Å². The lowest BCUT2D eigenvalue weighted by atomic mass is 9.77. The molecule has 3 aromatic carbocycles. The van der Waals surface area contributed by atoms with Gasteiger partial charge in [-0.05, 0) is 85.3 Å². The number of aromatic nitrogens is 4. The van der Waals surface area contributed by atoms with E-state index in [1.807, 2.05) is 56.3 Å². The first-order chi connectivity index (χ1) is 32.1. The number of amides is 2. The van der Waals surface area contributed by atoms with Crippen molar-refractivity contribution >= 4 is 62.2 Å². The molecule has 354 valence electrons. The molecule has 3 aliphatic heterocycles. The van der Waals surface area contributed by atoms with Crippen LogP contribution in [-0.4, -0.2) is 112 Å². The molecule has 2 N–H and O–H groups in total. The van der Waals surface area contributed by atoms with Crippen LogP contribution in [-0.2, 0) is 45.4 Å². The van der Waals surface area contributed by atoms with Gasteiger partial charge in [0.1, 0.15) is 31.1 Å². The number of imidazole rings is 1. The van der Waals surface area contributed by atoms with Gasteiger partial charge in [0.2, 0.25) is 17.8 Å². The summed E-state index contributed by atoms with van der Waals surface area (Å²) in [4.78, 5) is 51.1. The Morgan fingerprint density at radius 3 is 2.46 bits per heavy atom. The quantitative estimate of drug-likeness (QED) is 0.0898. The summed E-state index contributed by atoms with van der Waals surface area (Å²) >= 11 is 12.3. The number of carbonyl (C=O) groups is 2. The number of aryl methyl sites for hydroxylation is 1. The molecule has 3 saturated heterocycles. The van der Waals surface area contributed by atoms with Gasteiger partial charge >= 0.3 is 15.9 Å². The van der Waals surface area contributed by atoms with Gasteiger partial charge in [-0.15, -0.1) is 11.6 Å². The number of hydrogen-bond acceptors (Lipinski definition) is 12. The topological polar surface area (TPSA) is 197 Å². The van der Waals surface area contributed by atoms with E-state index in [1.165, 1.54) is 15.1 Å². The van der Waals surface area contributed by atoms with Crippen LogP contribution in [0, 0.1) is 17.2 Å².